The van der Waals surface area contributed by atoms with Crippen LogP contribution >= 0.6 is 0 Å². The lowest BCUT2D eigenvalue weighted by Crippen LogP contribution is -2.43. The van der Waals surface area contributed by atoms with Crippen LogP contribution in [0.2, 0.25) is 0 Å². The van der Waals surface area contributed by atoms with E-state index in [9.17, 15) is 4.79 Å². The highest BCUT2D eigenvalue weighted by Crippen LogP contribution is 2.48. The molecule has 1 amide bonds. The molecular formula is C18H27N3O. The molecule has 3 atom stereocenters. The highest BCUT2D eigenvalue weighted by atomic mass is 16.2. The lowest BCUT2D eigenvalue weighted by molar-refractivity contribution is -0.138. The Hall–Kier alpha value is -1.32. The summed E-state index contributed by atoms with van der Waals surface area (Å²) in [4.78, 5) is 15.0. The molecule has 120 valence electrons. The van der Waals surface area contributed by atoms with Gasteiger partial charge in [0.1, 0.15) is 0 Å². The second kappa shape index (κ2) is 6.05. The van der Waals surface area contributed by atoms with Crippen molar-refractivity contribution in [3.8, 4) is 0 Å². The first-order valence-corrected chi connectivity index (χ1v) is 9.07. The van der Waals surface area contributed by atoms with Gasteiger partial charge < -0.3 is 4.90 Å². The van der Waals surface area contributed by atoms with E-state index in [1.807, 2.05) is 23.1 Å². The average Bonchev–Trinajstić information content (AvgIpc) is 3.25. The van der Waals surface area contributed by atoms with Crippen LogP contribution in [-0.2, 0) is 11.3 Å². The molecule has 1 saturated heterocycles. The number of carbonyl (C=O) groups is 1. The predicted molar refractivity (Wildman–Crippen MR) is 85.1 cm³/mol. The summed E-state index contributed by atoms with van der Waals surface area (Å²) < 4.78 is 2.03. The zero-order valence-corrected chi connectivity index (χ0v) is 13.4. The second-order valence-electron chi connectivity index (χ2n) is 7.54. The zero-order chi connectivity index (χ0) is 14.9. The Balaban J connectivity index is 1.30. The SMILES string of the molecule is O=C([C@H]1CC[C@@H]2CCC[C@@H]21)N1CCC(Cn2cccn2)CC1. The molecular weight excluding hydrogens is 274 g/mol. The van der Waals surface area contributed by atoms with Crippen LogP contribution in [0, 0.1) is 23.7 Å². The molecule has 1 aromatic heterocycles. The van der Waals surface area contributed by atoms with Gasteiger partial charge in [0.2, 0.25) is 5.91 Å². The Labute approximate surface area is 132 Å². The first-order valence-electron chi connectivity index (χ1n) is 9.07. The number of aromatic nitrogens is 2. The van der Waals surface area contributed by atoms with E-state index < -0.39 is 0 Å². The van der Waals surface area contributed by atoms with Crippen LogP contribution in [0.25, 0.3) is 0 Å². The van der Waals surface area contributed by atoms with Gasteiger partial charge in [0.25, 0.3) is 0 Å². The van der Waals surface area contributed by atoms with Crippen molar-refractivity contribution in [2.45, 2.75) is 51.5 Å². The fourth-order valence-corrected chi connectivity index (χ4v) is 5.11. The molecule has 1 aromatic rings. The summed E-state index contributed by atoms with van der Waals surface area (Å²) in [7, 11) is 0. The maximum absolute atomic E-state index is 12.9. The molecule has 3 fully saturated rings. The number of fused-ring (bicyclic) bond motifs is 1. The van der Waals surface area contributed by atoms with E-state index in [1.54, 1.807) is 0 Å². The summed E-state index contributed by atoms with van der Waals surface area (Å²) in [5.74, 6) is 3.09. The second-order valence-corrected chi connectivity index (χ2v) is 7.54. The maximum Gasteiger partial charge on any atom is 0.225 e. The van der Waals surface area contributed by atoms with E-state index in [0.29, 0.717) is 23.7 Å². The third-order valence-corrected chi connectivity index (χ3v) is 6.33. The number of likely N-dealkylation sites (tertiary alicyclic amines) is 1. The third kappa shape index (κ3) is 2.68. The van der Waals surface area contributed by atoms with Crippen molar-refractivity contribution in [2.24, 2.45) is 23.7 Å². The highest BCUT2D eigenvalue weighted by Gasteiger charge is 2.44. The van der Waals surface area contributed by atoms with Gasteiger partial charge in [-0.15, -0.1) is 0 Å². The normalized spacial score (nSPS) is 32.4. The van der Waals surface area contributed by atoms with Gasteiger partial charge >= 0.3 is 0 Å². The summed E-state index contributed by atoms with van der Waals surface area (Å²) in [6, 6.07) is 1.98. The topological polar surface area (TPSA) is 38.1 Å². The Morgan fingerprint density at radius 3 is 2.73 bits per heavy atom. The number of hydrogen-bond acceptors (Lipinski definition) is 2. The minimum atomic E-state index is 0.357. The van der Waals surface area contributed by atoms with Gasteiger partial charge in [-0.3, -0.25) is 9.48 Å². The largest absolute Gasteiger partial charge is 0.342 e. The first kappa shape index (κ1) is 14.3. The van der Waals surface area contributed by atoms with Gasteiger partial charge in [-0.25, -0.2) is 0 Å². The highest BCUT2D eigenvalue weighted by molar-refractivity contribution is 5.79. The van der Waals surface area contributed by atoms with E-state index in [2.05, 4.69) is 10.00 Å². The molecule has 2 aliphatic carbocycles. The molecule has 4 heteroatoms. The molecule has 0 spiro atoms. The summed E-state index contributed by atoms with van der Waals surface area (Å²) in [6.07, 6.45) is 12.6. The van der Waals surface area contributed by atoms with Crippen molar-refractivity contribution in [2.75, 3.05) is 13.1 Å². The molecule has 0 unspecified atom stereocenters. The van der Waals surface area contributed by atoms with E-state index in [4.69, 9.17) is 0 Å². The van der Waals surface area contributed by atoms with Crippen LogP contribution in [0.4, 0.5) is 0 Å². The van der Waals surface area contributed by atoms with E-state index in [1.165, 1.54) is 25.7 Å². The van der Waals surface area contributed by atoms with Gasteiger partial charge in [0.05, 0.1) is 0 Å². The van der Waals surface area contributed by atoms with E-state index >= 15 is 0 Å². The summed E-state index contributed by atoms with van der Waals surface area (Å²) in [5, 5.41) is 4.30. The number of hydrogen-bond donors (Lipinski definition) is 0. The summed E-state index contributed by atoms with van der Waals surface area (Å²) >= 11 is 0. The Morgan fingerprint density at radius 2 is 1.95 bits per heavy atom. The van der Waals surface area contributed by atoms with Gasteiger partial charge in [-0.2, -0.15) is 5.10 Å². The Kier molecular flexibility index (Phi) is 3.93. The van der Waals surface area contributed by atoms with Crippen LogP contribution in [0.5, 0.6) is 0 Å². The molecule has 1 aliphatic heterocycles. The molecule has 4 rings (SSSR count). The quantitative estimate of drug-likeness (QED) is 0.861. The lowest BCUT2D eigenvalue weighted by atomic mass is 9.89. The van der Waals surface area contributed by atoms with Crippen molar-refractivity contribution in [1.82, 2.24) is 14.7 Å². The molecule has 0 radical (unpaired) electrons. The van der Waals surface area contributed by atoms with Crippen LogP contribution in [-0.4, -0.2) is 33.7 Å². The smallest absolute Gasteiger partial charge is 0.225 e. The zero-order valence-electron chi connectivity index (χ0n) is 13.4. The van der Waals surface area contributed by atoms with Crippen LogP contribution in [0.15, 0.2) is 18.5 Å². The summed E-state index contributed by atoms with van der Waals surface area (Å²) in [6.45, 7) is 2.92. The predicted octanol–water partition coefficient (Wildman–Crippen LogP) is 2.95. The van der Waals surface area contributed by atoms with E-state index in [-0.39, 0.29) is 0 Å². The van der Waals surface area contributed by atoms with Crippen molar-refractivity contribution in [3.63, 3.8) is 0 Å². The van der Waals surface area contributed by atoms with Crippen molar-refractivity contribution in [3.05, 3.63) is 18.5 Å². The fourth-order valence-electron chi connectivity index (χ4n) is 5.11. The molecule has 2 heterocycles. The minimum Gasteiger partial charge on any atom is -0.342 e. The fraction of sp³-hybridized carbons (Fsp3) is 0.778. The molecule has 2 saturated carbocycles. The van der Waals surface area contributed by atoms with Crippen molar-refractivity contribution >= 4 is 5.91 Å². The van der Waals surface area contributed by atoms with Crippen molar-refractivity contribution in [1.29, 1.82) is 0 Å². The number of piperidine rings is 1. The third-order valence-electron chi connectivity index (χ3n) is 6.33. The molecule has 22 heavy (non-hydrogen) atoms. The number of nitrogens with zero attached hydrogens (tertiary/aromatic N) is 3. The summed E-state index contributed by atoms with van der Waals surface area (Å²) in [5.41, 5.74) is 0. The van der Waals surface area contributed by atoms with Gasteiger partial charge in [0.15, 0.2) is 0 Å². The van der Waals surface area contributed by atoms with Crippen LogP contribution in [0.3, 0.4) is 0 Å². The maximum atomic E-state index is 12.9. The van der Waals surface area contributed by atoms with E-state index in [0.717, 1.165) is 44.8 Å². The molecule has 0 aromatic carbocycles. The molecule has 0 bridgehead atoms. The Bertz CT molecular complexity index is 504. The minimum absolute atomic E-state index is 0.357. The Morgan fingerprint density at radius 1 is 1.09 bits per heavy atom. The van der Waals surface area contributed by atoms with Crippen LogP contribution < -0.4 is 0 Å². The number of carbonyl (C=O) groups excluding carboxylic acids is 1. The lowest BCUT2D eigenvalue weighted by Gasteiger charge is -2.34. The standard InChI is InChI=1S/C18H27N3O/c22-18(17-6-5-15-3-1-4-16(15)17)20-11-7-14(8-12-20)13-21-10-2-9-19-21/h2,9-10,14-17H,1,3-8,11-13H2/t15-,16-,17-/m0/s1. The van der Waals surface area contributed by atoms with Gasteiger partial charge in [-0.1, -0.05) is 12.8 Å². The van der Waals surface area contributed by atoms with Gasteiger partial charge in [0, 0.05) is 37.9 Å². The van der Waals surface area contributed by atoms with Crippen molar-refractivity contribution < 1.29 is 4.79 Å². The molecule has 0 N–H and O–H groups in total. The average molecular weight is 301 g/mol. The van der Waals surface area contributed by atoms with Crippen LogP contribution in [0.1, 0.15) is 44.9 Å². The number of rotatable bonds is 3. The molecule has 4 nitrogen and oxygen atoms in total. The monoisotopic (exact) mass is 301 g/mol. The molecule has 3 aliphatic rings. The number of amides is 1. The van der Waals surface area contributed by atoms with Gasteiger partial charge in [-0.05, 0) is 55.9 Å². The first-order chi connectivity index (χ1) is 10.8.